The van der Waals surface area contributed by atoms with E-state index in [0.717, 1.165) is 29.2 Å². The topological polar surface area (TPSA) is 31.6 Å². The smallest absolute Gasteiger partial charge is 0.161 e. The normalized spacial score (nSPS) is 10.1. The summed E-state index contributed by atoms with van der Waals surface area (Å²) in [6, 6.07) is 9.70. The zero-order valence-corrected chi connectivity index (χ0v) is 9.40. The van der Waals surface area contributed by atoms with Crippen molar-refractivity contribution in [3.05, 3.63) is 47.9 Å². The van der Waals surface area contributed by atoms with E-state index in [1.807, 2.05) is 30.3 Å². The second kappa shape index (κ2) is 4.75. The predicted octanol–water partition coefficient (Wildman–Crippen LogP) is 2.89. The van der Waals surface area contributed by atoms with Crippen molar-refractivity contribution in [2.24, 2.45) is 0 Å². The minimum atomic E-state index is 0.741. The third-order valence-electron chi connectivity index (χ3n) is 2.41. The second-order valence-corrected chi connectivity index (χ2v) is 3.45. The standard InChI is InChI=1S/C13H14O3/c1-14-12-6-5-10(9-13(12)15-2)8-11-4-3-7-16-11/h3-7,9H,8H2,1-2H3. The fraction of sp³-hybridized carbons (Fsp3) is 0.231. The Kier molecular flexibility index (Phi) is 3.15. The van der Waals surface area contributed by atoms with Crippen molar-refractivity contribution in [2.45, 2.75) is 6.42 Å². The minimum Gasteiger partial charge on any atom is -0.493 e. The summed E-state index contributed by atoms with van der Waals surface area (Å²) in [6.07, 6.45) is 2.43. The van der Waals surface area contributed by atoms with Gasteiger partial charge in [-0.25, -0.2) is 0 Å². The van der Waals surface area contributed by atoms with Gasteiger partial charge in [0.2, 0.25) is 0 Å². The Hall–Kier alpha value is -1.90. The molecule has 0 aliphatic heterocycles. The lowest BCUT2D eigenvalue weighted by molar-refractivity contribution is 0.354. The average Bonchev–Trinajstić information content (AvgIpc) is 2.81. The fourth-order valence-corrected chi connectivity index (χ4v) is 1.60. The summed E-state index contributed by atoms with van der Waals surface area (Å²) in [5.74, 6) is 2.42. The first-order chi connectivity index (χ1) is 7.83. The number of furan rings is 1. The molecule has 0 bridgehead atoms. The summed E-state index contributed by atoms with van der Waals surface area (Å²) >= 11 is 0. The van der Waals surface area contributed by atoms with Crippen LogP contribution in [-0.2, 0) is 6.42 Å². The molecule has 16 heavy (non-hydrogen) atoms. The summed E-state index contributed by atoms with van der Waals surface area (Å²) in [5.41, 5.74) is 1.13. The molecular weight excluding hydrogens is 204 g/mol. The molecule has 3 nitrogen and oxygen atoms in total. The van der Waals surface area contributed by atoms with E-state index in [4.69, 9.17) is 13.9 Å². The third kappa shape index (κ3) is 2.19. The van der Waals surface area contributed by atoms with Crippen molar-refractivity contribution in [2.75, 3.05) is 14.2 Å². The van der Waals surface area contributed by atoms with Crippen molar-refractivity contribution in [3.8, 4) is 11.5 Å². The maximum absolute atomic E-state index is 5.30. The number of rotatable bonds is 4. The van der Waals surface area contributed by atoms with Gasteiger partial charge in [-0.05, 0) is 29.8 Å². The van der Waals surface area contributed by atoms with Crippen LogP contribution in [0, 0.1) is 0 Å². The van der Waals surface area contributed by atoms with Crippen molar-refractivity contribution >= 4 is 0 Å². The number of benzene rings is 1. The molecule has 84 valence electrons. The molecule has 0 N–H and O–H groups in total. The molecule has 0 radical (unpaired) electrons. The van der Waals surface area contributed by atoms with Gasteiger partial charge >= 0.3 is 0 Å². The second-order valence-electron chi connectivity index (χ2n) is 3.45. The zero-order valence-electron chi connectivity index (χ0n) is 9.40. The minimum absolute atomic E-state index is 0.741. The molecule has 2 rings (SSSR count). The molecule has 2 aromatic rings. The van der Waals surface area contributed by atoms with Crippen LogP contribution in [0.3, 0.4) is 0 Å². The van der Waals surface area contributed by atoms with E-state index in [-0.39, 0.29) is 0 Å². The molecule has 0 aliphatic carbocycles. The molecule has 0 amide bonds. The van der Waals surface area contributed by atoms with E-state index in [1.54, 1.807) is 20.5 Å². The average molecular weight is 218 g/mol. The van der Waals surface area contributed by atoms with Crippen LogP contribution in [0.5, 0.6) is 11.5 Å². The largest absolute Gasteiger partial charge is 0.493 e. The molecule has 0 fully saturated rings. The Labute approximate surface area is 94.6 Å². The third-order valence-corrected chi connectivity index (χ3v) is 2.41. The van der Waals surface area contributed by atoms with Crippen molar-refractivity contribution in [3.63, 3.8) is 0 Å². The molecule has 3 heteroatoms. The summed E-state index contributed by atoms with van der Waals surface area (Å²) < 4.78 is 15.7. The van der Waals surface area contributed by atoms with E-state index < -0.39 is 0 Å². The molecule has 1 heterocycles. The van der Waals surface area contributed by atoms with Crippen molar-refractivity contribution < 1.29 is 13.9 Å². The maximum Gasteiger partial charge on any atom is 0.161 e. The Bertz CT molecular complexity index is 446. The van der Waals surface area contributed by atoms with Crippen LogP contribution in [0.25, 0.3) is 0 Å². The van der Waals surface area contributed by atoms with Gasteiger partial charge in [-0.15, -0.1) is 0 Å². The summed E-state index contributed by atoms with van der Waals surface area (Å²) in [5, 5.41) is 0. The van der Waals surface area contributed by atoms with E-state index in [0.29, 0.717) is 0 Å². The predicted molar refractivity (Wildman–Crippen MR) is 61.1 cm³/mol. The first kappa shape index (κ1) is 10.6. The van der Waals surface area contributed by atoms with Gasteiger partial charge in [-0.2, -0.15) is 0 Å². The highest BCUT2D eigenvalue weighted by molar-refractivity contribution is 5.43. The van der Waals surface area contributed by atoms with Crippen LogP contribution in [0.4, 0.5) is 0 Å². The maximum atomic E-state index is 5.30. The lowest BCUT2D eigenvalue weighted by atomic mass is 10.1. The van der Waals surface area contributed by atoms with Crippen LogP contribution < -0.4 is 9.47 Å². The van der Waals surface area contributed by atoms with Gasteiger partial charge in [0.1, 0.15) is 5.76 Å². The van der Waals surface area contributed by atoms with Crippen LogP contribution in [-0.4, -0.2) is 14.2 Å². The monoisotopic (exact) mass is 218 g/mol. The zero-order chi connectivity index (χ0) is 11.4. The van der Waals surface area contributed by atoms with Crippen LogP contribution >= 0.6 is 0 Å². The lowest BCUT2D eigenvalue weighted by Crippen LogP contribution is -1.93. The number of hydrogen-bond donors (Lipinski definition) is 0. The Morgan fingerprint density at radius 1 is 1.06 bits per heavy atom. The van der Waals surface area contributed by atoms with Crippen molar-refractivity contribution in [1.29, 1.82) is 0 Å². The molecule has 0 aliphatic rings. The van der Waals surface area contributed by atoms with Crippen molar-refractivity contribution in [1.82, 2.24) is 0 Å². The fourth-order valence-electron chi connectivity index (χ4n) is 1.60. The van der Waals surface area contributed by atoms with Gasteiger partial charge in [0.05, 0.1) is 20.5 Å². The lowest BCUT2D eigenvalue weighted by Gasteiger charge is -2.08. The number of ether oxygens (including phenoxy) is 2. The SMILES string of the molecule is COc1ccc(Cc2ccco2)cc1OC. The highest BCUT2D eigenvalue weighted by Crippen LogP contribution is 2.28. The highest BCUT2D eigenvalue weighted by Gasteiger charge is 2.05. The van der Waals surface area contributed by atoms with Crippen LogP contribution in [0.15, 0.2) is 41.0 Å². The first-order valence-corrected chi connectivity index (χ1v) is 5.07. The Morgan fingerprint density at radius 2 is 1.88 bits per heavy atom. The molecule has 0 atom stereocenters. The van der Waals surface area contributed by atoms with Gasteiger partial charge in [-0.3, -0.25) is 0 Å². The highest BCUT2D eigenvalue weighted by atomic mass is 16.5. The molecular formula is C13H14O3. The Morgan fingerprint density at radius 3 is 2.50 bits per heavy atom. The van der Waals surface area contributed by atoms with Gasteiger partial charge in [-0.1, -0.05) is 6.07 Å². The van der Waals surface area contributed by atoms with Gasteiger partial charge < -0.3 is 13.9 Å². The van der Waals surface area contributed by atoms with Gasteiger partial charge in [0.25, 0.3) is 0 Å². The van der Waals surface area contributed by atoms with E-state index in [9.17, 15) is 0 Å². The van der Waals surface area contributed by atoms with Gasteiger partial charge in [0.15, 0.2) is 11.5 Å². The number of methoxy groups -OCH3 is 2. The first-order valence-electron chi connectivity index (χ1n) is 5.07. The van der Waals surface area contributed by atoms with E-state index >= 15 is 0 Å². The molecule has 0 saturated heterocycles. The summed E-state index contributed by atoms with van der Waals surface area (Å²) in [7, 11) is 3.26. The summed E-state index contributed by atoms with van der Waals surface area (Å²) in [4.78, 5) is 0. The Balaban J connectivity index is 2.22. The van der Waals surface area contributed by atoms with E-state index in [1.165, 1.54) is 0 Å². The number of hydrogen-bond acceptors (Lipinski definition) is 3. The molecule has 0 spiro atoms. The summed E-state index contributed by atoms with van der Waals surface area (Å²) in [6.45, 7) is 0. The van der Waals surface area contributed by atoms with Crippen LogP contribution in [0.1, 0.15) is 11.3 Å². The van der Waals surface area contributed by atoms with Gasteiger partial charge in [0, 0.05) is 6.42 Å². The van der Waals surface area contributed by atoms with Crippen LogP contribution in [0.2, 0.25) is 0 Å². The quantitative estimate of drug-likeness (QED) is 0.790. The molecule has 0 unspecified atom stereocenters. The van der Waals surface area contributed by atoms with E-state index in [2.05, 4.69) is 0 Å². The molecule has 1 aromatic heterocycles. The molecule has 1 aromatic carbocycles. The molecule has 0 saturated carbocycles.